The molecule has 2 aliphatic rings. The summed E-state index contributed by atoms with van der Waals surface area (Å²) in [6.45, 7) is 5.74. The molecule has 2 fully saturated rings. The molecule has 106 valence electrons. The molecule has 1 aliphatic heterocycles. The molecule has 5 heteroatoms. The lowest BCUT2D eigenvalue weighted by molar-refractivity contribution is -0.202. The van der Waals surface area contributed by atoms with Crippen LogP contribution in [-0.4, -0.2) is 46.7 Å². The van der Waals surface area contributed by atoms with Crippen LogP contribution in [0.25, 0.3) is 0 Å². The van der Waals surface area contributed by atoms with Crippen LogP contribution in [0, 0.1) is 11.3 Å². The van der Waals surface area contributed by atoms with Crippen LogP contribution in [0.1, 0.15) is 32.6 Å². The molecular formula is C14H22N2O3. The smallest absolute Gasteiger partial charge is 0.328 e. The Morgan fingerprint density at radius 1 is 1.47 bits per heavy atom. The number of amides is 3. The zero-order chi connectivity index (χ0) is 14.4. The molecule has 19 heavy (non-hydrogen) atoms. The van der Waals surface area contributed by atoms with Crippen LogP contribution in [0.3, 0.4) is 0 Å². The molecule has 0 aromatic heterocycles. The minimum Gasteiger partial charge on any atom is -0.369 e. The van der Waals surface area contributed by atoms with Crippen molar-refractivity contribution >= 4 is 11.9 Å². The summed E-state index contributed by atoms with van der Waals surface area (Å²) in [6, 6.07) is -0.451. The van der Waals surface area contributed by atoms with Gasteiger partial charge in [0.2, 0.25) is 5.91 Å². The molecule has 1 N–H and O–H groups in total. The van der Waals surface area contributed by atoms with Gasteiger partial charge >= 0.3 is 6.03 Å². The molecule has 0 unspecified atom stereocenters. The van der Waals surface area contributed by atoms with E-state index >= 15 is 0 Å². The van der Waals surface area contributed by atoms with Crippen molar-refractivity contribution in [2.24, 2.45) is 11.3 Å². The van der Waals surface area contributed by atoms with E-state index in [1.165, 1.54) is 11.9 Å². The quantitative estimate of drug-likeness (QED) is 0.789. The number of aliphatic hydroxyl groups is 1. The molecule has 3 amide bonds. The summed E-state index contributed by atoms with van der Waals surface area (Å²) in [6.07, 6.45) is 4.30. The lowest BCUT2D eigenvalue weighted by atomic mass is 9.70. The van der Waals surface area contributed by atoms with Crippen molar-refractivity contribution < 1.29 is 14.7 Å². The Hall–Kier alpha value is -1.36. The Morgan fingerprint density at radius 2 is 2.11 bits per heavy atom. The summed E-state index contributed by atoms with van der Waals surface area (Å²) in [7, 11) is 3.05. The molecule has 0 aromatic carbocycles. The Kier molecular flexibility index (Phi) is 3.21. The molecule has 0 aromatic rings. The number of nitrogens with zero attached hydrogens (tertiary/aromatic N) is 2. The topological polar surface area (TPSA) is 60.9 Å². The third kappa shape index (κ3) is 1.45. The van der Waals surface area contributed by atoms with Gasteiger partial charge in [0.1, 0.15) is 0 Å². The standard InChI is InChI=1S/C14H22N2O3/c1-5-8-13-9-7-10(6-2)14(13,19)16(4)12(18)15(3)11(13)17/h6,10,19H,2,5,7-9H2,1,3-4H3/t10-,13-,14+/m1/s1. The lowest BCUT2D eigenvalue weighted by Gasteiger charge is -2.53. The maximum absolute atomic E-state index is 12.6. The lowest BCUT2D eigenvalue weighted by Crippen LogP contribution is -2.72. The van der Waals surface area contributed by atoms with Crippen molar-refractivity contribution in [3.63, 3.8) is 0 Å². The van der Waals surface area contributed by atoms with Gasteiger partial charge in [-0.2, -0.15) is 0 Å². The highest BCUT2D eigenvalue weighted by Gasteiger charge is 2.69. The first kappa shape index (κ1) is 14.1. The van der Waals surface area contributed by atoms with Gasteiger partial charge in [0.15, 0.2) is 5.72 Å². The van der Waals surface area contributed by atoms with Crippen LogP contribution in [-0.2, 0) is 4.79 Å². The molecule has 2 rings (SSSR count). The van der Waals surface area contributed by atoms with E-state index in [2.05, 4.69) is 6.58 Å². The zero-order valence-corrected chi connectivity index (χ0v) is 11.8. The SMILES string of the molecule is C=C[C@@H]1CC[C@]2(CCC)C(=O)N(C)C(=O)N(C)[C@]12O. The van der Waals surface area contributed by atoms with E-state index in [4.69, 9.17) is 0 Å². The predicted octanol–water partition coefficient (Wildman–Crippen LogP) is 1.58. The van der Waals surface area contributed by atoms with E-state index in [9.17, 15) is 14.7 Å². The highest BCUT2D eigenvalue weighted by molar-refractivity contribution is 6.01. The maximum atomic E-state index is 12.6. The Labute approximate surface area is 113 Å². The van der Waals surface area contributed by atoms with Crippen molar-refractivity contribution in [2.75, 3.05) is 14.1 Å². The van der Waals surface area contributed by atoms with Crippen LogP contribution in [0.5, 0.6) is 0 Å². The minimum atomic E-state index is -1.44. The van der Waals surface area contributed by atoms with Crippen LogP contribution < -0.4 is 0 Å². The fraction of sp³-hybridized carbons (Fsp3) is 0.714. The van der Waals surface area contributed by atoms with Gasteiger partial charge in [-0.15, -0.1) is 6.58 Å². The second-order valence-corrected chi connectivity index (χ2v) is 5.64. The number of urea groups is 1. The summed E-state index contributed by atoms with van der Waals surface area (Å²) in [4.78, 5) is 27.2. The minimum absolute atomic E-state index is 0.259. The van der Waals surface area contributed by atoms with Gasteiger partial charge < -0.3 is 5.11 Å². The Balaban J connectivity index is 2.60. The number of fused-ring (bicyclic) bond motifs is 1. The van der Waals surface area contributed by atoms with E-state index in [1.807, 2.05) is 6.92 Å². The summed E-state index contributed by atoms with van der Waals surface area (Å²) >= 11 is 0. The van der Waals surface area contributed by atoms with Gasteiger partial charge in [-0.1, -0.05) is 19.4 Å². The molecule has 3 atom stereocenters. The van der Waals surface area contributed by atoms with Gasteiger partial charge in [-0.05, 0) is 19.3 Å². The summed E-state index contributed by atoms with van der Waals surface area (Å²) in [5.41, 5.74) is -2.33. The third-order valence-electron chi connectivity index (χ3n) is 4.86. The molecule has 0 radical (unpaired) electrons. The molecule has 1 saturated heterocycles. The van der Waals surface area contributed by atoms with Gasteiger partial charge in [-0.25, -0.2) is 4.79 Å². The van der Waals surface area contributed by atoms with E-state index < -0.39 is 17.2 Å². The van der Waals surface area contributed by atoms with E-state index in [-0.39, 0.29) is 11.8 Å². The van der Waals surface area contributed by atoms with Gasteiger partial charge in [0, 0.05) is 20.0 Å². The zero-order valence-electron chi connectivity index (χ0n) is 11.8. The number of hydrogen-bond donors (Lipinski definition) is 1. The van der Waals surface area contributed by atoms with Crippen molar-refractivity contribution in [1.29, 1.82) is 0 Å². The number of imide groups is 1. The van der Waals surface area contributed by atoms with Crippen molar-refractivity contribution in [2.45, 2.75) is 38.3 Å². The maximum Gasteiger partial charge on any atom is 0.328 e. The second-order valence-electron chi connectivity index (χ2n) is 5.64. The normalized spacial score (nSPS) is 38.6. The molecule has 5 nitrogen and oxygen atoms in total. The van der Waals surface area contributed by atoms with Crippen LogP contribution >= 0.6 is 0 Å². The van der Waals surface area contributed by atoms with Gasteiger partial charge in [0.05, 0.1) is 5.41 Å². The summed E-state index contributed by atoms with van der Waals surface area (Å²) in [5.74, 6) is -0.519. The van der Waals surface area contributed by atoms with Crippen molar-refractivity contribution in [3.8, 4) is 0 Å². The molecular weight excluding hydrogens is 244 g/mol. The van der Waals surface area contributed by atoms with Gasteiger partial charge in [0.25, 0.3) is 0 Å². The van der Waals surface area contributed by atoms with E-state index in [1.54, 1.807) is 13.1 Å². The average Bonchev–Trinajstić information content (AvgIpc) is 2.70. The Bertz CT molecular complexity index is 436. The van der Waals surface area contributed by atoms with E-state index in [0.29, 0.717) is 19.3 Å². The number of hydrogen-bond acceptors (Lipinski definition) is 3. The molecule has 1 aliphatic carbocycles. The second kappa shape index (κ2) is 4.34. The average molecular weight is 266 g/mol. The first-order valence-corrected chi connectivity index (χ1v) is 6.77. The van der Waals surface area contributed by atoms with E-state index in [0.717, 1.165) is 11.3 Å². The predicted molar refractivity (Wildman–Crippen MR) is 71.1 cm³/mol. The van der Waals surface area contributed by atoms with Crippen LogP contribution in [0.4, 0.5) is 4.79 Å². The fourth-order valence-corrected chi connectivity index (χ4v) is 3.88. The fourth-order valence-electron chi connectivity index (χ4n) is 3.88. The Morgan fingerprint density at radius 3 is 2.63 bits per heavy atom. The molecule has 1 heterocycles. The number of rotatable bonds is 3. The molecule has 0 spiro atoms. The third-order valence-corrected chi connectivity index (χ3v) is 4.86. The highest BCUT2D eigenvalue weighted by Crippen LogP contribution is 2.57. The molecule has 1 saturated carbocycles. The summed E-state index contributed by atoms with van der Waals surface area (Å²) in [5, 5.41) is 11.2. The van der Waals surface area contributed by atoms with Crippen molar-refractivity contribution in [3.05, 3.63) is 12.7 Å². The highest BCUT2D eigenvalue weighted by atomic mass is 16.3. The first-order chi connectivity index (χ1) is 8.86. The van der Waals surface area contributed by atoms with Crippen LogP contribution in [0.2, 0.25) is 0 Å². The first-order valence-electron chi connectivity index (χ1n) is 6.77. The largest absolute Gasteiger partial charge is 0.369 e. The monoisotopic (exact) mass is 266 g/mol. The number of carbonyl (C=O) groups is 2. The van der Waals surface area contributed by atoms with Crippen LogP contribution in [0.15, 0.2) is 12.7 Å². The van der Waals surface area contributed by atoms with Crippen molar-refractivity contribution in [1.82, 2.24) is 9.80 Å². The number of carbonyl (C=O) groups excluding carboxylic acids is 2. The molecule has 0 bridgehead atoms. The van der Waals surface area contributed by atoms with Gasteiger partial charge in [-0.3, -0.25) is 14.6 Å². The summed E-state index contributed by atoms with van der Waals surface area (Å²) < 4.78 is 0.